The Bertz CT molecular complexity index is 235. The summed E-state index contributed by atoms with van der Waals surface area (Å²) in [4.78, 5) is 4.45. The second-order valence-electron chi connectivity index (χ2n) is 4.83. The highest BCUT2D eigenvalue weighted by Gasteiger charge is 2.15. The van der Waals surface area contributed by atoms with Gasteiger partial charge in [0.1, 0.15) is 0 Å². The number of nitrogens with one attached hydrogen (secondary N) is 2. The lowest BCUT2D eigenvalue weighted by Gasteiger charge is -2.21. The molecule has 0 aromatic rings. The number of aliphatic imine (C=N–C) groups is 1. The molecule has 0 fully saturated rings. The van der Waals surface area contributed by atoms with Gasteiger partial charge in [0, 0.05) is 26.8 Å². The Morgan fingerprint density at radius 3 is 2.44 bits per heavy atom. The van der Waals surface area contributed by atoms with Crippen molar-refractivity contribution in [1.82, 2.24) is 10.6 Å². The maximum atomic E-state index is 8.95. The van der Waals surface area contributed by atoms with Gasteiger partial charge in [0.25, 0.3) is 0 Å². The molecule has 110 valence electrons. The molecule has 18 heavy (non-hydrogen) atoms. The van der Waals surface area contributed by atoms with E-state index in [2.05, 4.69) is 15.6 Å². The summed E-state index contributed by atoms with van der Waals surface area (Å²) in [5.41, 5.74) is -0.259. The van der Waals surface area contributed by atoms with E-state index in [1.165, 1.54) is 0 Å². The van der Waals surface area contributed by atoms with E-state index in [1.54, 1.807) is 7.11 Å². The van der Waals surface area contributed by atoms with E-state index in [1.807, 2.05) is 27.7 Å². The molecule has 0 rings (SSSR count). The summed E-state index contributed by atoms with van der Waals surface area (Å²) in [5, 5.41) is 15.3. The first kappa shape index (κ1) is 20.2. The maximum Gasteiger partial charge on any atom is 0.191 e. The summed E-state index contributed by atoms with van der Waals surface area (Å²) >= 11 is 0. The average molecular weight is 373 g/mol. The SMILES string of the molecule is CCNC(=NCC(C)(C)OC)NCC(C)CO.I. The van der Waals surface area contributed by atoms with Crippen LogP contribution in [0.3, 0.4) is 0 Å². The smallest absolute Gasteiger partial charge is 0.191 e. The predicted octanol–water partition coefficient (Wildman–Crippen LogP) is 1.21. The van der Waals surface area contributed by atoms with E-state index >= 15 is 0 Å². The second-order valence-corrected chi connectivity index (χ2v) is 4.83. The van der Waals surface area contributed by atoms with Gasteiger partial charge in [-0.05, 0) is 26.7 Å². The van der Waals surface area contributed by atoms with E-state index < -0.39 is 0 Å². The van der Waals surface area contributed by atoms with Crippen LogP contribution < -0.4 is 10.6 Å². The van der Waals surface area contributed by atoms with Gasteiger partial charge in [0.15, 0.2) is 5.96 Å². The Balaban J connectivity index is 0. The van der Waals surface area contributed by atoms with Crippen molar-refractivity contribution in [3.8, 4) is 0 Å². The molecule has 0 aliphatic carbocycles. The molecule has 0 bridgehead atoms. The van der Waals surface area contributed by atoms with Gasteiger partial charge in [0.2, 0.25) is 0 Å². The summed E-state index contributed by atoms with van der Waals surface area (Å²) < 4.78 is 5.31. The van der Waals surface area contributed by atoms with Gasteiger partial charge < -0.3 is 20.5 Å². The lowest BCUT2D eigenvalue weighted by atomic mass is 10.1. The summed E-state index contributed by atoms with van der Waals surface area (Å²) in [6.07, 6.45) is 0. The third-order valence-corrected chi connectivity index (χ3v) is 2.44. The van der Waals surface area contributed by atoms with Crippen LogP contribution in [0.2, 0.25) is 0 Å². The molecule has 0 radical (unpaired) electrons. The van der Waals surface area contributed by atoms with Crippen molar-refractivity contribution < 1.29 is 9.84 Å². The molecular formula is C12H28IN3O2. The zero-order chi connectivity index (χ0) is 13.3. The van der Waals surface area contributed by atoms with Gasteiger partial charge in [-0.2, -0.15) is 0 Å². The second kappa shape index (κ2) is 10.8. The highest BCUT2D eigenvalue weighted by atomic mass is 127. The molecular weight excluding hydrogens is 345 g/mol. The fourth-order valence-electron chi connectivity index (χ4n) is 1.01. The number of ether oxygens (including phenoxy) is 1. The third-order valence-electron chi connectivity index (χ3n) is 2.44. The first-order chi connectivity index (χ1) is 7.95. The molecule has 0 aromatic heterocycles. The van der Waals surface area contributed by atoms with Crippen molar-refractivity contribution in [3.63, 3.8) is 0 Å². The van der Waals surface area contributed by atoms with Crippen molar-refractivity contribution in [1.29, 1.82) is 0 Å². The number of aliphatic hydroxyl groups excluding tert-OH is 1. The zero-order valence-electron chi connectivity index (χ0n) is 12.1. The summed E-state index contributed by atoms with van der Waals surface area (Å²) in [6, 6.07) is 0. The van der Waals surface area contributed by atoms with Crippen molar-refractivity contribution in [3.05, 3.63) is 0 Å². The van der Waals surface area contributed by atoms with Crippen LogP contribution in [0, 0.1) is 5.92 Å². The van der Waals surface area contributed by atoms with E-state index in [0.717, 1.165) is 12.5 Å². The molecule has 1 atom stereocenters. The molecule has 1 unspecified atom stereocenters. The Morgan fingerprint density at radius 2 is 2.00 bits per heavy atom. The molecule has 0 spiro atoms. The quantitative estimate of drug-likeness (QED) is 0.357. The van der Waals surface area contributed by atoms with Crippen molar-refractivity contribution in [2.45, 2.75) is 33.3 Å². The number of hydrogen-bond donors (Lipinski definition) is 3. The molecule has 0 aliphatic rings. The summed E-state index contributed by atoms with van der Waals surface area (Å²) in [7, 11) is 1.68. The highest BCUT2D eigenvalue weighted by Crippen LogP contribution is 2.06. The number of aliphatic hydroxyl groups is 1. The van der Waals surface area contributed by atoms with Crippen LogP contribution in [0.15, 0.2) is 4.99 Å². The van der Waals surface area contributed by atoms with Crippen molar-refractivity contribution in [2.24, 2.45) is 10.9 Å². The number of nitrogens with zero attached hydrogens (tertiary/aromatic N) is 1. The number of methoxy groups -OCH3 is 1. The van der Waals surface area contributed by atoms with Gasteiger partial charge in [0.05, 0.1) is 12.1 Å². The third kappa shape index (κ3) is 9.90. The fourth-order valence-corrected chi connectivity index (χ4v) is 1.01. The average Bonchev–Trinajstić information content (AvgIpc) is 2.32. The topological polar surface area (TPSA) is 65.9 Å². The standard InChI is InChI=1S/C12H27N3O2.HI/c1-6-13-11(14-7-10(2)8-16)15-9-12(3,4)17-5;/h10,16H,6-9H2,1-5H3,(H2,13,14,15);1H. The van der Waals surface area contributed by atoms with Gasteiger partial charge in [-0.3, -0.25) is 4.99 Å². The molecule has 0 heterocycles. The lowest BCUT2D eigenvalue weighted by Crippen LogP contribution is -2.41. The summed E-state index contributed by atoms with van der Waals surface area (Å²) in [5.74, 6) is 0.979. The number of rotatable bonds is 7. The maximum absolute atomic E-state index is 8.95. The van der Waals surface area contributed by atoms with Gasteiger partial charge in [-0.25, -0.2) is 0 Å². The lowest BCUT2D eigenvalue weighted by molar-refractivity contribution is 0.0310. The Labute approximate surface area is 128 Å². The molecule has 5 nitrogen and oxygen atoms in total. The van der Waals surface area contributed by atoms with Crippen LogP contribution in [0.5, 0.6) is 0 Å². The Hall–Kier alpha value is -0.0800. The molecule has 6 heteroatoms. The number of hydrogen-bond acceptors (Lipinski definition) is 3. The van der Waals surface area contributed by atoms with E-state index in [0.29, 0.717) is 13.1 Å². The molecule has 0 aliphatic heterocycles. The zero-order valence-corrected chi connectivity index (χ0v) is 14.4. The summed E-state index contributed by atoms with van der Waals surface area (Å²) in [6.45, 7) is 10.3. The first-order valence-electron chi connectivity index (χ1n) is 6.13. The molecule has 0 amide bonds. The van der Waals surface area contributed by atoms with Crippen LogP contribution in [0.4, 0.5) is 0 Å². The number of halogens is 1. The van der Waals surface area contributed by atoms with Crippen LogP contribution >= 0.6 is 24.0 Å². The van der Waals surface area contributed by atoms with E-state index in [9.17, 15) is 0 Å². The largest absolute Gasteiger partial charge is 0.396 e. The van der Waals surface area contributed by atoms with E-state index in [4.69, 9.17) is 9.84 Å². The molecule has 0 saturated carbocycles. The first-order valence-corrected chi connectivity index (χ1v) is 6.13. The molecule has 0 aromatic carbocycles. The van der Waals surface area contributed by atoms with Crippen molar-refractivity contribution >= 4 is 29.9 Å². The van der Waals surface area contributed by atoms with Crippen LogP contribution in [0.1, 0.15) is 27.7 Å². The minimum Gasteiger partial charge on any atom is -0.396 e. The fraction of sp³-hybridized carbons (Fsp3) is 0.917. The van der Waals surface area contributed by atoms with Gasteiger partial charge in [-0.15, -0.1) is 24.0 Å². The predicted molar refractivity (Wildman–Crippen MR) is 86.7 cm³/mol. The Morgan fingerprint density at radius 1 is 1.39 bits per heavy atom. The van der Waals surface area contributed by atoms with Gasteiger partial charge >= 0.3 is 0 Å². The normalized spacial score (nSPS) is 13.8. The molecule has 0 saturated heterocycles. The minimum absolute atomic E-state index is 0. The monoisotopic (exact) mass is 373 g/mol. The highest BCUT2D eigenvalue weighted by molar-refractivity contribution is 14.0. The molecule has 3 N–H and O–H groups in total. The van der Waals surface area contributed by atoms with Crippen LogP contribution in [-0.4, -0.2) is 50.0 Å². The van der Waals surface area contributed by atoms with Gasteiger partial charge in [-0.1, -0.05) is 6.92 Å². The van der Waals surface area contributed by atoms with Crippen LogP contribution in [-0.2, 0) is 4.74 Å². The number of guanidine groups is 1. The van der Waals surface area contributed by atoms with E-state index in [-0.39, 0.29) is 42.1 Å². The minimum atomic E-state index is -0.259. The van der Waals surface area contributed by atoms with Crippen LogP contribution in [0.25, 0.3) is 0 Å². The van der Waals surface area contributed by atoms with Crippen molar-refractivity contribution in [2.75, 3.05) is 33.4 Å². The Kier molecular flexibility index (Phi) is 12.2.